The van der Waals surface area contributed by atoms with Crippen LogP contribution in [0.2, 0.25) is 5.02 Å². The molecule has 158 valence electrons. The second-order valence-electron chi connectivity index (χ2n) is 8.81. The third-order valence-corrected chi connectivity index (χ3v) is 7.19. The van der Waals surface area contributed by atoms with Gasteiger partial charge in [-0.05, 0) is 55.3 Å². The van der Waals surface area contributed by atoms with Crippen molar-refractivity contribution in [2.45, 2.75) is 30.4 Å². The summed E-state index contributed by atoms with van der Waals surface area (Å²) in [4.78, 5) is 18.8. The zero-order valence-electron chi connectivity index (χ0n) is 17.1. The van der Waals surface area contributed by atoms with E-state index in [9.17, 15) is 4.79 Å². The average molecular weight is 435 g/mol. The number of amides is 1. The number of likely N-dealkylation sites (tertiary alicyclic amines) is 1. The van der Waals surface area contributed by atoms with Gasteiger partial charge in [-0.25, -0.2) is 0 Å². The standard InChI is InChI=1S/C24H23ClN4O2/c25-18-5-6-20-19(13-18)27-24(21-4-2-10-29(20)21)15-23(31-16-24)7-11-28(12-8-23)22(30)17-3-1-9-26-14-17/h1-6,9-10,13-14,27H,7-8,11-12,15-16H2/t24-/m1/s1. The molecule has 3 aliphatic heterocycles. The Morgan fingerprint density at radius 3 is 2.84 bits per heavy atom. The molecule has 2 fully saturated rings. The highest BCUT2D eigenvalue weighted by molar-refractivity contribution is 6.31. The maximum Gasteiger partial charge on any atom is 0.255 e. The maximum absolute atomic E-state index is 12.8. The van der Waals surface area contributed by atoms with Crippen molar-refractivity contribution in [2.75, 3.05) is 25.0 Å². The van der Waals surface area contributed by atoms with Crippen LogP contribution in [-0.2, 0) is 10.3 Å². The van der Waals surface area contributed by atoms with E-state index < -0.39 is 0 Å². The lowest BCUT2D eigenvalue weighted by Crippen LogP contribution is -2.48. The Bertz CT molecular complexity index is 1150. The summed E-state index contributed by atoms with van der Waals surface area (Å²) in [6.07, 6.45) is 7.94. The molecule has 2 saturated heterocycles. The minimum Gasteiger partial charge on any atom is -0.372 e. The number of carbonyl (C=O) groups is 1. The summed E-state index contributed by atoms with van der Waals surface area (Å²) in [6, 6.07) is 13.8. The van der Waals surface area contributed by atoms with Crippen molar-refractivity contribution in [3.63, 3.8) is 0 Å². The molecule has 0 bridgehead atoms. The second-order valence-corrected chi connectivity index (χ2v) is 9.25. The van der Waals surface area contributed by atoms with E-state index in [4.69, 9.17) is 16.3 Å². The number of nitrogens with one attached hydrogen (secondary N) is 1. The normalized spacial score (nSPS) is 23.5. The highest BCUT2D eigenvalue weighted by Gasteiger charge is 2.54. The van der Waals surface area contributed by atoms with Gasteiger partial charge in [0.05, 0.1) is 34.8 Å². The second kappa shape index (κ2) is 6.84. The van der Waals surface area contributed by atoms with E-state index in [1.54, 1.807) is 18.5 Å². The van der Waals surface area contributed by atoms with E-state index >= 15 is 0 Å². The minimum atomic E-state index is -0.295. The molecule has 5 heterocycles. The maximum atomic E-state index is 12.8. The van der Waals surface area contributed by atoms with Gasteiger partial charge in [0.15, 0.2) is 0 Å². The summed E-state index contributed by atoms with van der Waals surface area (Å²) in [5, 5.41) is 4.48. The predicted molar refractivity (Wildman–Crippen MR) is 119 cm³/mol. The lowest BCUT2D eigenvalue weighted by molar-refractivity contribution is -0.0392. The Kier molecular flexibility index (Phi) is 4.17. The summed E-state index contributed by atoms with van der Waals surface area (Å²) in [5.74, 6) is 0.0453. The summed E-state index contributed by atoms with van der Waals surface area (Å²) in [5.41, 5.74) is 3.46. The van der Waals surface area contributed by atoms with Gasteiger partial charge >= 0.3 is 0 Å². The summed E-state index contributed by atoms with van der Waals surface area (Å²) < 4.78 is 8.76. The summed E-state index contributed by atoms with van der Waals surface area (Å²) in [6.45, 7) is 1.97. The first kappa shape index (κ1) is 18.9. The molecule has 6 rings (SSSR count). The molecule has 1 amide bonds. The Morgan fingerprint density at radius 1 is 1.16 bits per heavy atom. The molecule has 0 unspecified atom stereocenters. The molecule has 0 radical (unpaired) electrons. The molecular weight excluding hydrogens is 412 g/mol. The van der Waals surface area contributed by atoms with Crippen LogP contribution < -0.4 is 5.32 Å². The van der Waals surface area contributed by atoms with Crippen LogP contribution in [0.1, 0.15) is 35.3 Å². The van der Waals surface area contributed by atoms with Gasteiger partial charge in [-0.15, -0.1) is 0 Å². The monoisotopic (exact) mass is 434 g/mol. The largest absolute Gasteiger partial charge is 0.372 e. The SMILES string of the molecule is O=C(c1cccnc1)N1CCC2(CC1)C[C@]1(CO2)Nc2cc(Cl)ccc2-n2cccc21. The van der Waals surface area contributed by atoms with E-state index in [2.05, 4.69) is 39.3 Å². The minimum absolute atomic E-state index is 0.0453. The number of hydrogen-bond donors (Lipinski definition) is 1. The third-order valence-electron chi connectivity index (χ3n) is 6.95. The van der Waals surface area contributed by atoms with Crippen LogP contribution in [0.3, 0.4) is 0 Å². The number of benzene rings is 1. The number of pyridine rings is 1. The van der Waals surface area contributed by atoms with Crippen molar-refractivity contribution >= 4 is 23.2 Å². The number of fused-ring (bicyclic) bond motifs is 4. The van der Waals surface area contributed by atoms with Crippen LogP contribution in [0, 0.1) is 0 Å². The molecular formula is C24H23ClN4O2. The summed E-state index contributed by atoms with van der Waals surface area (Å²) >= 11 is 6.29. The van der Waals surface area contributed by atoms with E-state index in [-0.39, 0.29) is 17.0 Å². The zero-order valence-corrected chi connectivity index (χ0v) is 17.8. The van der Waals surface area contributed by atoms with Crippen LogP contribution in [0.4, 0.5) is 5.69 Å². The fourth-order valence-corrected chi connectivity index (χ4v) is 5.58. The molecule has 0 saturated carbocycles. The van der Waals surface area contributed by atoms with Crippen LogP contribution in [-0.4, -0.2) is 45.7 Å². The van der Waals surface area contributed by atoms with Gasteiger partial charge in [-0.3, -0.25) is 9.78 Å². The molecule has 3 aliphatic rings. The van der Waals surface area contributed by atoms with Crippen LogP contribution in [0.25, 0.3) is 5.69 Å². The number of piperidine rings is 1. The fourth-order valence-electron chi connectivity index (χ4n) is 5.40. The highest BCUT2D eigenvalue weighted by Crippen LogP contribution is 2.50. The van der Waals surface area contributed by atoms with E-state index in [0.717, 1.165) is 30.6 Å². The highest BCUT2D eigenvalue weighted by atomic mass is 35.5. The zero-order chi connectivity index (χ0) is 21.1. The Labute approximate surface area is 185 Å². The number of ether oxygens (including phenoxy) is 1. The molecule has 1 atom stereocenters. The quantitative estimate of drug-likeness (QED) is 0.622. The van der Waals surface area contributed by atoms with Gasteiger partial charge in [0.1, 0.15) is 5.54 Å². The number of hydrogen-bond acceptors (Lipinski definition) is 4. The van der Waals surface area contributed by atoms with Crippen molar-refractivity contribution in [1.29, 1.82) is 0 Å². The van der Waals surface area contributed by atoms with Crippen molar-refractivity contribution in [2.24, 2.45) is 0 Å². The number of anilines is 1. The van der Waals surface area contributed by atoms with E-state index in [0.29, 0.717) is 30.3 Å². The average Bonchev–Trinajstić information content (AvgIpc) is 3.42. The topological polar surface area (TPSA) is 59.4 Å². The van der Waals surface area contributed by atoms with Gasteiger partial charge in [-0.2, -0.15) is 0 Å². The number of rotatable bonds is 1. The molecule has 2 aromatic heterocycles. The van der Waals surface area contributed by atoms with Gasteiger partial charge in [0.2, 0.25) is 0 Å². The van der Waals surface area contributed by atoms with Crippen LogP contribution in [0.5, 0.6) is 0 Å². The number of halogens is 1. The molecule has 1 N–H and O–H groups in total. The third kappa shape index (κ3) is 2.97. The molecule has 3 aromatic rings. The van der Waals surface area contributed by atoms with Crippen molar-refractivity contribution in [1.82, 2.24) is 14.5 Å². The van der Waals surface area contributed by atoms with E-state index in [1.165, 1.54) is 5.69 Å². The van der Waals surface area contributed by atoms with Crippen LogP contribution in [0.15, 0.2) is 61.1 Å². The molecule has 31 heavy (non-hydrogen) atoms. The Morgan fingerprint density at radius 2 is 2.03 bits per heavy atom. The molecule has 2 spiro atoms. The first-order chi connectivity index (χ1) is 15.1. The van der Waals surface area contributed by atoms with Gasteiger partial charge in [-0.1, -0.05) is 11.6 Å². The Balaban J connectivity index is 1.24. The Hall–Kier alpha value is -2.83. The lowest BCUT2D eigenvalue weighted by Gasteiger charge is -2.41. The fraction of sp³-hybridized carbons (Fsp3) is 0.333. The number of carbonyl (C=O) groups excluding carboxylic acids is 1. The first-order valence-corrected chi connectivity index (χ1v) is 11.0. The molecule has 7 heteroatoms. The van der Waals surface area contributed by atoms with Gasteiger partial charge in [0, 0.05) is 43.1 Å². The first-order valence-electron chi connectivity index (χ1n) is 10.7. The van der Waals surface area contributed by atoms with Gasteiger partial charge in [0.25, 0.3) is 5.91 Å². The summed E-state index contributed by atoms with van der Waals surface area (Å²) in [7, 11) is 0. The van der Waals surface area contributed by atoms with Crippen molar-refractivity contribution < 1.29 is 9.53 Å². The lowest BCUT2D eigenvalue weighted by atomic mass is 9.79. The number of nitrogens with zero attached hydrogens (tertiary/aromatic N) is 3. The number of aromatic nitrogens is 2. The smallest absolute Gasteiger partial charge is 0.255 e. The molecule has 1 aromatic carbocycles. The molecule has 6 nitrogen and oxygen atoms in total. The van der Waals surface area contributed by atoms with E-state index in [1.807, 2.05) is 23.1 Å². The van der Waals surface area contributed by atoms with Crippen molar-refractivity contribution in [3.05, 3.63) is 77.3 Å². The van der Waals surface area contributed by atoms with Gasteiger partial charge < -0.3 is 19.5 Å². The molecule has 0 aliphatic carbocycles. The van der Waals surface area contributed by atoms with Crippen molar-refractivity contribution in [3.8, 4) is 5.69 Å². The van der Waals surface area contributed by atoms with Crippen LogP contribution >= 0.6 is 11.6 Å². The predicted octanol–water partition coefficient (Wildman–Crippen LogP) is 4.24.